The highest BCUT2D eigenvalue weighted by atomic mass is 19.4. The van der Waals surface area contributed by atoms with Crippen LogP contribution in [-0.2, 0) is 10.9 Å². The minimum Gasteiger partial charge on any atom is -0.474 e. The molecule has 46 heavy (non-hydrogen) atoms. The van der Waals surface area contributed by atoms with E-state index in [1.54, 1.807) is 6.92 Å². The summed E-state index contributed by atoms with van der Waals surface area (Å²) in [6.07, 6.45) is -4.12. The van der Waals surface area contributed by atoms with E-state index in [1.807, 2.05) is 14.0 Å². The smallest absolute Gasteiger partial charge is 0.417 e. The number of ether oxygens (including phenoxy) is 3. The van der Waals surface area contributed by atoms with Gasteiger partial charge in [0.2, 0.25) is 5.88 Å². The van der Waals surface area contributed by atoms with Gasteiger partial charge in [-0.2, -0.15) is 23.1 Å². The van der Waals surface area contributed by atoms with Crippen LogP contribution in [0.3, 0.4) is 0 Å². The van der Waals surface area contributed by atoms with Gasteiger partial charge in [0, 0.05) is 30.1 Å². The van der Waals surface area contributed by atoms with Crippen LogP contribution in [0.25, 0.3) is 22.2 Å². The number of rotatable bonds is 4. The number of benzene rings is 1. The Morgan fingerprint density at radius 2 is 1.93 bits per heavy atom. The Balaban J connectivity index is 1.55. The highest BCUT2D eigenvalue weighted by Gasteiger charge is 2.51. The van der Waals surface area contributed by atoms with Gasteiger partial charge in [-0.3, -0.25) is 0 Å². The number of nitrogens with zero attached hydrogens (tertiary/aromatic N) is 4. The van der Waals surface area contributed by atoms with Gasteiger partial charge < -0.3 is 35.5 Å². The van der Waals surface area contributed by atoms with Crippen LogP contribution in [0.4, 0.5) is 33.5 Å². The summed E-state index contributed by atoms with van der Waals surface area (Å²) in [5, 5.41) is 6.59. The molecule has 6 rings (SSSR count). The third-order valence-corrected chi connectivity index (χ3v) is 9.29. The number of alkyl halides is 3. The number of pyridine rings is 1. The van der Waals surface area contributed by atoms with Crippen LogP contribution in [0.15, 0.2) is 6.07 Å². The molecule has 0 aliphatic carbocycles. The number of anilines is 2. The minimum atomic E-state index is -5.05. The van der Waals surface area contributed by atoms with Crippen molar-refractivity contribution in [3.63, 3.8) is 0 Å². The lowest BCUT2D eigenvalue weighted by atomic mass is 9.84. The fraction of sp³-hybridized carbons (Fsp3) is 0.581. The number of nitrogens with two attached hydrogens (primary N) is 1. The topological polar surface area (TPSA) is 120 Å². The normalized spacial score (nSPS) is 25.8. The zero-order valence-corrected chi connectivity index (χ0v) is 26.2. The van der Waals surface area contributed by atoms with Crippen LogP contribution in [0, 0.1) is 29.9 Å². The number of aromatic nitrogens is 3. The first-order valence-electron chi connectivity index (χ1n) is 15.4. The molecule has 2 unspecified atom stereocenters. The van der Waals surface area contributed by atoms with Crippen molar-refractivity contribution in [1.82, 2.24) is 25.2 Å². The van der Waals surface area contributed by atoms with Gasteiger partial charge in [0.05, 0.1) is 30.6 Å². The predicted octanol–water partition coefficient (Wildman–Crippen LogP) is 4.79. The number of fused-ring (bicyclic) bond motifs is 1. The zero-order valence-electron chi connectivity index (χ0n) is 26.2. The lowest BCUT2D eigenvalue weighted by Crippen LogP contribution is -2.40. The number of hydrogen-bond acceptors (Lipinski definition) is 10. The van der Waals surface area contributed by atoms with E-state index in [4.69, 9.17) is 19.9 Å². The molecule has 0 saturated carbocycles. The van der Waals surface area contributed by atoms with Crippen molar-refractivity contribution in [1.29, 1.82) is 0 Å². The van der Waals surface area contributed by atoms with Crippen molar-refractivity contribution in [2.45, 2.75) is 51.9 Å². The molecule has 4 atom stereocenters. The number of likely N-dealkylation sites (N-methyl/N-ethyl adjacent to an activating group) is 1. The largest absolute Gasteiger partial charge is 0.474 e. The summed E-state index contributed by atoms with van der Waals surface area (Å²) in [6, 6.07) is 0.709. The summed E-state index contributed by atoms with van der Waals surface area (Å²) in [7, 11) is 2.02. The van der Waals surface area contributed by atoms with Gasteiger partial charge >= 0.3 is 12.2 Å². The Labute approximate surface area is 263 Å². The Bertz CT molecular complexity index is 1640. The monoisotopic (exact) mass is 651 g/mol. The molecule has 4 N–H and O–H groups in total. The quantitative estimate of drug-likeness (QED) is 0.269. The van der Waals surface area contributed by atoms with E-state index < -0.39 is 52.0 Å². The van der Waals surface area contributed by atoms with E-state index in [0.29, 0.717) is 39.3 Å². The molecular formula is C31H38F5N7O3. The second kappa shape index (κ2) is 12.2. The van der Waals surface area contributed by atoms with Gasteiger partial charge in [0.1, 0.15) is 34.8 Å². The summed E-state index contributed by atoms with van der Waals surface area (Å²) < 4.78 is 92.7. The van der Waals surface area contributed by atoms with Crippen LogP contribution in [0.2, 0.25) is 0 Å². The molecule has 3 aromatic rings. The van der Waals surface area contributed by atoms with E-state index in [9.17, 15) is 17.6 Å². The van der Waals surface area contributed by atoms with Crippen molar-refractivity contribution >= 4 is 22.4 Å². The number of hydrogen-bond donors (Lipinski definition) is 3. The van der Waals surface area contributed by atoms with E-state index in [0.717, 1.165) is 26.0 Å². The SMILES string of the molecule is Cc1c(F)c(N)cc(-c2nc3c4c(nc(OC[C@]56CCN(C)C5COC6)nc4c2F)NCCNCC(C)C[C@H](C)O3)c1C(F)(F)F. The Morgan fingerprint density at radius 3 is 2.70 bits per heavy atom. The second-order valence-electron chi connectivity index (χ2n) is 12.8. The van der Waals surface area contributed by atoms with Gasteiger partial charge in [-0.1, -0.05) is 6.92 Å². The Hall–Kier alpha value is -3.56. The maximum atomic E-state index is 16.7. The van der Waals surface area contributed by atoms with Gasteiger partial charge in [-0.05, 0) is 64.4 Å². The van der Waals surface area contributed by atoms with Crippen molar-refractivity contribution in [2.24, 2.45) is 11.3 Å². The molecule has 0 amide bonds. The molecule has 0 bridgehead atoms. The van der Waals surface area contributed by atoms with Crippen molar-refractivity contribution in [3.05, 3.63) is 28.8 Å². The van der Waals surface area contributed by atoms with Crippen LogP contribution in [0.1, 0.15) is 37.8 Å². The van der Waals surface area contributed by atoms with Crippen LogP contribution in [-0.4, -0.2) is 85.0 Å². The predicted molar refractivity (Wildman–Crippen MR) is 162 cm³/mol. The maximum Gasteiger partial charge on any atom is 0.417 e. The van der Waals surface area contributed by atoms with Crippen molar-refractivity contribution < 1.29 is 36.2 Å². The number of nitrogens with one attached hydrogen (secondary N) is 2. The first-order valence-corrected chi connectivity index (χ1v) is 15.4. The molecule has 0 radical (unpaired) electrons. The third-order valence-electron chi connectivity index (χ3n) is 9.29. The summed E-state index contributed by atoms with van der Waals surface area (Å²) in [6.45, 7) is 8.50. The average Bonchev–Trinajstić information content (AvgIpc) is 3.54. The Kier molecular flexibility index (Phi) is 8.61. The molecular weight excluding hydrogens is 613 g/mol. The van der Waals surface area contributed by atoms with Crippen LogP contribution < -0.4 is 25.8 Å². The summed E-state index contributed by atoms with van der Waals surface area (Å²) in [5.41, 5.74) is 0.906. The third kappa shape index (κ3) is 5.88. The first kappa shape index (κ1) is 32.4. The molecule has 3 aliphatic heterocycles. The average molecular weight is 652 g/mol. The van der Waals surface area contributed by atoms with Crippen molar-refractivity contribution in [2.75, 3.05) is 64.1 Å². The number of halogens is 5. The highest BCUT2D eigenvalue weighted by molar-refractivity contribution is 5.96. The van der Waals surface area contributed by atoms with E-state index in [2.05, 4.69) is 30.5 Å². The standard InChI is InChI=1S/C31H38F5N7O3/c1-15-9-16(2)46-28-21-26(24(33)25(40-28)18-10-19(37)23(32)17(3)22(18)31(34,35)36)41-29(42-27(21)39-7-6-38-11-15)45-14-30-5-8-43(4)20(30)12-44-13-30/h10,15-16,20,38H,5-9,11-14,37H2,1-4H3,(H,39,41,42)/t15?,16-,20?,30+/m0/s1. The molecule has 15 heteroatoms. The summed E-state index contributed by atoms with van der Waals surface area (Å²) in [4.78, 5) is 15.5. The maximum absolute atomic E-state index is 16.7. The molecule has 5 heterocycles. The fourth-order valence-corrected chi connectivity index (χ4v) is 6.91. The summed E-state index contributed by atoms with van der Waals surface area (Å²) >= 11 is 0. The number of nitrogen functional groups attached to an aromatic ring is 1. The van der Waals surface area contributed by atoms with E-state index in [1.165, 1.54) is 0 Å². The minimum absolute atomic E-state index is 0.0508. The van der Waals surface area contributed by atoms with E-state index in [-0.39, 0.29) is 52.6 Å². The molecule has 10 nitrogen and oxygen atoms in total. The Morgan fingerprint density at radius 1 is 1.15 bits per heavy atom. The second-order valence-corrected chi connectivity index (χ2v) is 12.8. The van der Waals surface area contributed by atoms with Gasteiger partial charge in [0.15, 0.2) is 5.82 Å². The van der Waals surface area contributed by atoms with Gasteiger partial charge in [0.25, 0.3) is 0 Å². The molecule has 250 valence electrons. The van der Waals surface area contributed by atoms with E-state index >= 15 is 4.39 Å². The molecule has 2 saturated heterocycles. The lowest BCUT2D eigenvalue weighted by molar-refractivity contribution is -0.137. The lowest BCUT2D eigenvalue weighted by Gasteiger charge is -2.28. The molecule has 2 fully saturated rings. The number of likely N-dealkylation sites (tertiary alicyclic amines) is 1. The highest BCUT2D eigenvalue weighted by Crippen LogP contribution is 2.45. The van der Waals surface area contributed by atoms with Crippen LogP contribution >= 0.6 is 0 Å². The van der Waals surface area contributed by atoms with Crippen molar-refractivity contribution in [3.8, 4) is 23.1 Å². The fourth-order valence-electron chi connectivity index (χ4n) is 6.91. The summed E-state index contributed by atoms with van der Waals surface area (Å²) in [5.74, 6) is -2.25. The van der Waals surface area contributed by atoms with Gasteiger partial charge in [-0.25, -0.2) is 13.8 Å². The van der Waals surface area contributed by atoms with Gasteiger partial charge in [-0.15, -0.1) is 0 Å². The molecule has 0 spiro atoms. The molecule has 1 aromatic carbocycles. The molecule has 2 aromatic heterocycles. The molecule has 3 aliphatic rings. The van der Waals surface area contributed by atoms with Crippen LogP contribution in [0.5, 0.6) is 11.9 Å². The first-order chi connectivity index (χ1) is 21.8. The zero-order chi connectivity index (χ0) is 33.0.